The topological polar surface area (TPSA) is 61.4 Å². The van der Waals surface area contributed by atoms with Gasteiger partial charge in [-0.05, 0) is 33.6 Å². The molecule has 0 aliphatic carbocycles. The van der Waals surface area contributed by atoms with Crippen LogP contribution in [0.1, 0.15) is 41.5 Å². The molecule has 0 aromatic rings. The molecule has 96 valence electrons. The fourth-order valence-electron chi connectivity index (χ4n) is 0.898. The summed E-state index contributed by atoms with van der Waals surface area (Å²) in [5.41, 5.74) is -1.37. The third-order valence-electron chi connectivity index (χ3n) is 2.93. The van der Waals surface area contributed by atoms with Crippen molar-refractivity contribution in [3.63, 3.8) is 0 Å². The number of carbonyl (C=O) groups excluding carboxylic acids is 1. The summed E-state index contributed by atoms with van der Waals surface area (Å²) >= 11 is 0. The molecule has 0 heterocycles. The monoisotopic (exact) mass is 230 g/mol. The van der Waals surface area contributed by atoms with Crippen LogP contribution in [0.3, 0.4) is 0 Å². The third kappa shape index (κ3) is 5.47. The van der Waals surface area contributed by atoms with Gasteiger partial charge in [-0.2, -0.15) is 0 Å². The molecule has 0 fully saturated rings. The Hall–Kier alpha value is -0.610. The first-order chi connectivity index (χ1) is 7.06. The standard InChI is InChI=1S/C12H26N2O2/c1-9(2)7-13-10(15)8-14-11(3,4)12(5,6)16/h9,14,16H,7-8H2,1-6H3,(H,13,15). The minimum absolute atomic E-state index is 0.0361. The Morgan fingerprint density at radius 3 is 2.12 bits per heavy atom. The summed E-state index contributed by atoms with van der Waals surface area (Å²) in [6, 6.07) is 0. The Kier molecular flexibility index (Phi) is 5.42. The molecule has 0 saturated heterocycles. The molecule has 0 spiro atoms. The molecule has 0 rings (SSSR count). The van der Waals surface area contributed by atoms with E-state index in [0.717, 1.165) is 0 Å². The van der Waals surface area contributed by atoms with E-state index in [1.807, 2.05) is 13.8 Å². The van der Waals surface area contributed by atoms with Gasteiger partial charge in [0.15, 0.2) is 0 Å². The lowest BCUT2D eigenvalue weighted by Crippen LogP contribution is -2.57. The minimum atomic E-state index is -0.870. The fraction of sp³-hybridized carbons (Fsp3) is 0.917. The number of amides is 1. The maximum atomic E-state index is 11.5. The van der Waals surface area contributed by atoms with Gasteiger partial charge in [0.25, 0.3) is 0 Å². The van der Waals surface area contributed by atoms with Gasteiger partial charge in [0.05, 0.1) is 12.1 Å². The lowest BCUT2D eigenvalue weighted by Gasteiger charge is -2.38. The summed E-state index contributed by atoms with van der Waals surface area (Å²) in [5.74, 6) is 0.414. The van der Waals surface area contributed by atoms with Gasteiger partial charge in [0.2, 0.25) is 5.91 Å². The average molecular weight is 230 g/mol. The Balaban J connectivity index is 4.01. The molecule has 4 heteroatoms. The van der Waals surface area contributed by atoms with Gasteiger partial charge in [0.1, 0.15) is 0 Å². The molecule has 0 bridgehead atoms. The molecule has 0 aromatic carbocycles. The molecule has 1 amide bonds. The summed E-state index contributed by atoms with van der Waals surface area (Å²) in [6.45, 7) is 12.2. The highest BCUT2D eigenvalue weighted by atomic mass is 16.3. The van der Waals surface area contributed by atoms with E-state index in [2.05, 4.69) is 24.5 Å². The van der Waals surface area contributed by atoms with E-state index in [-0.39, 0.29) is 12.5 Å². The first-order valence-corrected chi connectivity index (χ1v) is 5.80. The molecule has 16 heavy (non-hydrogen) atoms. The van der Waals surface area contributed by atoms with Crippen molar-refractivity contribution in [2.45, 2.75) is 52.7 Å². The fourth-order valence-corrected chi connectivity index (χ4v) is 0.898. The van der Waals surface area contributed by atoms with E-state index >= 15 is 0 Å². The van der Waals surface area contributed by atoms with E-state index in [4.69, 9.17) is 0 Å². The maximum Gasteiger partial charge on any atom is 0.233 e. The molecule has 0 radical (unpaired) electrons. The molecule has 0 aliphatic rings. The van der Waals surface area contributed by atoms with Crippen LogP contribution in [-0.2, 0) is 4.79 Å². The van der Waals surface area contributed by atoms with Gasteiger partial charge in [-0.3, -0.25) is 4.79 Å². The van der Waals surface area contributed by atoms with Crippen molar-refractivity contribution in [3.05, 3.63) is 0 Å². The number of aliphatic hydroxyl groups is 1. The summed E-state index contributed by atoms with van der Waals surface area (Å²) in [7, 11) is 0. The third-order valence-corrected chi connectivity index (χ3v) is 2.93. The van der Waals surface area contributed by atoms with Gasteiger partial charge in [-0.15, -0.1) is 0 Å². The van der Waals surface area contributed by atoms with Crippen molar-refractivity contribution in [3.8, 4) is 0 Å². The Morgan fingerprint density at radius 2 is 1.75 bits per heavy atom. The zero-order valence-electron chi connectivity index (χ0n) is 11.3. The smallest absolute Gasteiger partial charge is 0.233 e. The van der Waals surface area contributed by atoms with Crippen LogP contribution in [0, 0.1) is 5.92 Å². The highest BCUT2D eigenvalue weighted by molar-refractivity contribution is 5.78. The first kappa shape index (κ1) is 15.4. The lowest BCUT2D eigenvalue weighted by molar-refractivity contribution is -0.121. The van der Waals surface area contributed by atoms with Crippen molar-refractivity contribution < 1.29 is 9.90 Å². The number of nitrogens with one attached hydrogen (secondary N) is 2. The van der Waals surface area contributed by atoms with Gasteiger partial charge in [-0.1, -0.05) is 13.8 Å². The largest absolute Gasteiger partial charge is 0.389 e. The van der Waals surface area contributed by atoms with Gasteiger partial charge in [-0.25, -0.2) is 0 Å². The van der Waals surface area contributed by atoms with Crippen molar-refractivity contribution >= 4 is 5.91 Å². The van der Waals surface area contributed by atoms with E-state index in [0.29, 0.717) is 12.5 Å². The SMILES string of the molecule is CC(C)CNC(=O)CNC(C)(C)C(C)(C)O. The van der Waals surface area contributed by atoms with Gasteiger partial charge >= 0.3 is 0 Å². The molecule has 0 atom stereocenters. The van der Waals surface area contributed by atoms with Crippen LogP contribution >= 0.6 is 0 Å². The van der Waals surface area contributed by atoms with Crippen LogP contribution in [0.2, 0.25) is 0 Å². The second-order valence-corrected chi connectivity index (χ2v) is 5.74. The quantitative estimate of drug-likeness (QED) is 0.635. The number of rotatable bonds is 6. The van der Waals surface area contributed by atoms with E-state index in [1.54, 1.807) is 13.8 Å². The van der Waals surface area contributed by atoms with E-state index < -0.39 is 11.1 Å². The van der Waals surface area contributed by atoms with Crippen molar-refractivity contribution in [2.75, 3.05) is 13.1 Å². The molecule has 0 aliphatic heterocycles. The lowest BCUT2D eigenvalue weighted by atomic mass is 9.86. The number of hydrogen-bond acceptors (Lipinski definition) is 3. The molecular formula is C12H26N2O2. The Bertz CT molecular complexity index is 230. The van der Waals surface area contributed by atoms with Gasteiger partial charge in [0, 0.05) is 12.1 Å². The van der Waals surface area contributed by atoms with E-state index in [1.165, 1.54) is 0 Å². The Labute approximate surface area is 98.8 Å². The van der Waals surface area contributed by atoms with Crippen molar-refractivity contribution in [2.24, 2.45) is 5.92 Å². The maximum absolute atomic E-state index is 11.5. The highest BCUT2D eigenvalue weighted by Gasteiger charge is 2.34. The molecule has 0 aromatic heterocycles. The predicted octanol–water partition coefficient (Wildman–Crippen LogP) is 0.898. The summed E-state index contributed by atoms with van der Waals surface area (Å²) in [4.78, 5) is 11.5. The zero-order valence-corrected chi connectivity index (χ0v) is 11.3. The second-order valence-electron chi connectivity index (χ2n) is 5.74. The van der Waals surface area contributed by atoms with Crippen LogP contribution < -0.4 is 10.6 Å². The first-order valence-electron chi connectivity index (χ1n) is 5.80. The summed E-state index contributed by atoms with van der Waals surface area (Å²) in [6.07, 6.45) is 0. The minimum Gasteiger partial charge on any atom is -0.389 e. The van der Waals surface area contributed by atoms with E-state index in [9.17, 15) is 9.90 Å². The second kappa shape index (κ2) is 5.64. The predicted molar refractivity (Wildman–Crippen MR) is 66.2 cm³/mol. The Morgan fingerprint density at radius 1 is 1.25 bits per heavy atom. The molecule has 4 nitrogen and oxygen atoms in total. The zero-order chi connectivity index (χ0) is 13.0. The van der Waals surface area contributed by atoms with Crippen molar-refractivity contribution in [1.29, 1.82) is 0 Å². The molecular weight excluding hydrogens is 204 g/mol. The molecule has 0 saturated carbocycles. The van der Waals surface area contributed by atoms with Gasteiger partial charge < -0.3 is 15.7 Å². The average Bonchev–Trinajstić information content (AvgIpc) is 2.09. The van der Waals surface area contributed by atoms with Crippen molar-refractivity contribution in [1.82, 2.24) is 10.6 Å². The molecule has 3 N–H and O–H groups in total. The molecule has 0 unspecified atom stereocenters. The number of hydrogen-bond donors (Lipinski definition) is 3. The van der Waals surface area contributed by atoms with Crippen LogP contribution in [-0.4, -0.2) is 35.2 Å². The normalized spacial score (nSPS) is 13.0. The number of carbonyl (C=O) groups is 1. The van der Waals surface area contributed by atoms with Crippen LogP contribution in [0.25, 0.3) is 0 Å². The highest BCUT2D eigenvalue weighted by Crippen LogP contribution is 2.19. The summed E-state index contributed by atoms with van der Waals surface area (Å²) in [5, 5.41) is 15.8. The van der Waals surface area contributed by atoms with Crippen LogP contribution in [0.5, 0.6) is 0 Å². The summed E-state index contributed by atoms with van der Waals surface area (Å²) < 4.78 is 0. The van der Waals surface area contributed by atoms with Crippen LogP contribution in [0.15, 0.2) is 0 Å². The van der Waals surface area contributed by atoms with Crippen LogP contribution in [0.4, 0.5) is 0 Å².